The molecule has 0 radical (unpaired) electrons. The minimum Gasteiger partial charge on any atom is -0.492 e. The van der Waals surface area contributed by atoms with E-state index in [1.807, 2.05) is 65.8 Å². The van der Waals surface area contributed by atoms with Crippen LogP contribution < -0.4 is 4.74 Å². The van der Waals surface area contributed by atoms with E-state index in [0.29, 0.717) is 12.0 Å². The van der Waals surface area contributed by atoms with Crippen LogP contribution >= 0.6 is 0 Å². The minimum atomic E-state index is -4.10. The van der Waals surface area contributed by atoms with E-state index < -0.39 is 33.5 Å². The summed E-state index contributed by atoms with van der Waals surface area (Å²) in [4.78, 5) is 12.4. The molecule has 1 atom stereocenters. The van der Waals surface area contributed by atoms with Gasteiger partial charge in [0.2, 0.25) is 10.0 Å². The lowest BCUT2D eigenvalue weighted by Crippen LogP contribution is -2.37. The number of carboxylic acid groups (broad SMARTS) is 1. The molecule has 1 aliphatic rings. The molecule has 9 heteroatoms. The van der Waals surface area contributed by atoms with Gasteiger partial charge in [-0.2, -0.15) is 4.31 Å². The van der Waals surface area contributed by atoms with Crippen LogP contribution in [-0.4, -0.2) is 43.1 Å². The molecule has 0 fully saturated rings. The number of aliphatic carboxylic acids is 1. The van der Waals surface area contributed by atoms with Gasteiger partial charge in [0.1, 0.15) is 4.90 Å². The van der Waals surface area contributed by atoms with Gasteiger partial charge < -0.3 is 14.6 Å². The van der Waals surface area contributed by atoms with Crippen LogP contribution in [0, 0.1) is 26.6 Å². The molecular formula is C31H36FNO6S. The van der Waals surface area contributed by atoms with Crippen molar-refractivity contribution in [2.24, 2.45) is 0 Å². The number of ether oxygens (including phenoxy) is 2. The average Bonchev–Trinajstić information content (AvgIpc) is 2.89. The Morgan fingerprint density at radius 2 is 1.68 bits per heavy atom. The molecule has 0 aromatic heterocycles. The third kappa shape index (κ3) is 5.50. The molecule has 0 saturated carbocycles. The summed E-state index contributed by atoms with van der Waals surface area (Å²) >= 11 is 0. The maximum atomic E-state index is 14.4. The SMILES string of the molecule is COc1c(F)cccc1S(=O)(=O)N1CCc2c(C)c([C@H](OC(C)(C)C)C(=O)O)c(-c3ccc(C)cc3)c(C)c2C1. The molecule has 0 unspecified atom stereocenters. The van der Waals surface area contributed by atoms with Crippen LogP contribution in [0.4, 0.5) is 4.39 Å². The summed E-state index contributed by atoms with van der Waals surface area (Å²) in [5, 5.41) is 10.3. The number of carbonyl (C=O) groups is 1. The van der Waals surface area contributed by atoms with Crippen molar-refractivity contribution in [3.05, 3.63) is 81.7 Å². The third-order valence-corrected chi connectivity index (χ3v) is 9.18. The second-order valence-corrected chi connectivity index (χ2v) is 13.1. The molecule has 4 rings (SSSR count). The molecule has 1 aliphatic heterocycles. The second-order valence-electron chi connectivity index (χ2n) is 11.2. The monoisotopic (exact) mass is 569 g/mol. The largest absolute Gasteiger partial charge is 0.492 e. The molecule has 0 amide bonds. The smallest absolute Gasteiger partial charge is 0.337 e. The van der Waals surface area contributed by atoms with Crippen LogP contribution in [0.2, 0.25) is 0 Å². The van der Waals surface area contributed by atoms with Gasteiger partial charge in [0, 0.05) is 18.7 Å². The zero-order chi connectivity index (χ0) is 29.6. The number of hydrogen-bond acceptors (Lipinski definition) is 5. The first-order valence-corrected chi connectivity index (χ1v) is 14.6. The van der Waals surface area contributed by atoms with Gasteiger partial charge in [-0.3, -0.25) is 0 Å². The van der Waals surface area contributed by atoms with Crippen molar-refractivity contribution in [3.8, 4) is 16.9 Å². The standard InChI is InChI=1S/C31H36FNO6S/c1-18-11-13-21(14-12-18)26-20(3)23-17-33(40(36,37)25-10-8-9-24(32)28(25)38-7)16-15-22(23)19(2)27(26)29(30(34)35)39-31(4,5)6/h8-14,29H,15-17H2,1-7H3,(H,34,35)/t29-/m0/s1. The van der Waals surface area contributed by atoms with Gasteiger partial charge in [0.25, 0.3) is 0 Å². The van der Waals surface area contributed by atoms with Crippen molar-refractivity contribution >= 4 is 16.0 Å². The number of carboxylic acids is 1. The fourth-order valence-corrected chi connectivity index (χ4v) is 7.02. The van der Waals surface area contributed by atoms with Crippen molar-refractivity contribution in [1.82, 2.24) is 4.31 Å². The quantitative estimate of drug-likeness (QED) is 0.369. The van der Waals surface area contributed by atoms with E-state index >= 15 is 0 Å². The zero-order valence-corrected chi connectivity index (χ0v) is 24.8. The van der Waals surface area contributed by atoms with Gasteiger partial charge >= 0.3 is 5.97 Å². The summed E-state index contributed by atoms with van der Waals surface area (Å²) in [5.41, 5.74) is 5.72. The average molecular weight is 570 g/mol. The lowest BCUT2D eigenvalue weighted by Gasteiger charge is -2.35. The Kier molecular flexibility index (Phi) is 8.13. The number of fused-ring (bicyclic) bond motifs is 1. The number of sulfonamides is 1. The number of nitrogens with zero attached hydrogens (tertiary/aromatic N) is 1. The molecule has 0 aliphatic carbocycles. The Bertz CT molecular complexity index is 1560. The van der Waals surface area contributed by atoms with Crippen molar-refractivity contribution in [1.29, 1.82) is 0 Å². The van der Waals surface area contributed by atoms with E-state index in [2.05, 4.69) is 0 Å². The van der Waals surface area contributed by atoms with Crippen LogP contribution in [0.25, 0.3) is 11.1 Å². The molecule has 0 spiro atoms. The van der Waals surface area contributed by atoms with Crippen molar-refractivity contribution < 1.29 is 32.2 Å². The van der Waals surface area contributed by atoms with Gasteiger partial charge in [0.05, 0.1) is 12.7 Å². The van der Waals surface area contributed by atoms with Gasteiger partial charge in [-0.1, -0.05) is 35.9 Å². The van der Waals surface area contributed by atoms with E-state index in [1.165, 1.54) is 23.5 Å². The molecule has 0 bridgehead atoms. The highest BCUT2D eigenvalue weighted by Crippen LogP contribution is 2.43. The Hall–Kier alpha value is -3.27. The summed E-state index contributed by atoms with van der Waals surface area (Å²) in [6, 6.07) is 11.6. The number of methoxy groups -OCH3 is 1. The number of halogens is 1. The van der Waals surface area contributed by atoms with Crippen LogP contribution in [-0.2, 0) is 32.5 Å². The van der Waals surface area contributed by atoms with Crippen molar-refractivity contribution in [3.63, 3.8) is 0 Å². The second kappa shape index (κ2) is 11.0. The normalized spacial score (nSPS) is 15.0. The van der Waals surface area contributed by atoms with Gasteiger partial charge in [-0.05, 0) is 93.5 Å². The summed E-state index contributed by atoms with van der Waals surface area (Å²) in [5.74, 6) is -2.16. The highest BCUT2D eigenvalue weighted by molar-refractivity contribution is 7.89. The number of para-hydroxylation sites is 1. The predicted molar refractivity (Wildman–Crippen MR) is 152 cm³/mol. The fourth-order valence-electron chi connectivity index (χ4n) is 5.44. The maximum Gasteiger partial charge on any atom is 0.337 e. The minimum absolute atomic E-state index is 0.0566. The number of aryl methyl sites for hydroxylation is 1. The summed E-state index contributed by atoms with van der Waals surface area (Å²) < 4.78 is 54.4. The molecular weight excluding hydrogens is 533 g/mol. The van der Waals surface area contributed by atoms with E-state index in [0.717, 1.165) is 45.0 Å². The lowest BCUT2D eigenvalue weighted by atomic mass is 9.80. The first-order valence-electron chi connectivity index (χ1n) is 13.1. The molecule has 1 N–H and O–H groups in total. The van der Waals surface area contributed by atoms with Gasteiger partial charge in [0.15, 0.2) is 17.7 Å². The van der Waals surface area contributed by atoms with Crippen molar-refractivity contribution in [2.75, 3.05) is 13.7 Å². The van der Waals surface area contributed by atoms with Crippen LogP contribution in [0.1, 0.15) is 60.3 Å². The molecule has 214 valence electrons. The highest BCUT2D eigenvalue weighted by atomic mass is 32.2. The van der Waals surface area contributed by atoms with Crippen LogP contribution in [0.5, 0.6) is 5.75 Å². The summed E-state index contributed by atoms with van der Waals surface area (Å²) in [6.45, 7) is 11.4. The molecule has 1 heterocycles. The van der Waals surface area contributed by atoms with E-state index in [-0.39, 0.29) is 23.7 Å². The van der Waals surface area contributed by atoms with Crippen LogP contribution in [0.3, 0.4) is 0 Å². The highest BCUT2D eigenvalue weighted by Gasteiger charge is 2.37. The van der Waals surface area contributed by atoms with Gasteiger partial charge in [-0.25, -0.2) is 17.6 Å². The topological polar surface area (TPSA) is 93.1 Å². The van der Waals surface area contributed by atoms with Crippen LogP contribution in [0.15, 0.2) is 47.4 Å². The molecule has 7 nitrogen and oxygen atoms in total. The maximum absolute atomic E-state index is 14.4. The first kappa shape index (κ1) is 29.7. The fraction of sp³-hybridized carbons (Fsp3) is 0.387. The number of rotatable bonds is 7. The molecule has 3 aromatic rings. The Morgan fingerprint density at radius 1 is 1.02 bits per heavy atom. The Morgan fingerprint density at radius 3 is 2.25 bits per heavy atom. The van der Waals surface area contributed by atoms with E-state index in [1.54, 1.807) is 0 Å². The predicted octanol–water partition coefficient (Wildman–Crippen LogP) is 6.11. The Labute approximate surface area is 235 Å². The first-order chi connectivity index (χ1) is 18.7. The number of benzene rings is 3. The summed E-state index contributed by atoms with van der Waals surface area (Å²) in [7, 11) is -2.86. The van der Waals surface area contributed by atoms with Gasteiger partial charge in [-0.15, -0.1) is 0 Å². The zero-order valence-electron chi connectivity index (χ0n) is 24.0. The number of hydrogen-bond donors (Lipinski definition) is 1. The lowest BCUT2D eigenvalue weighted by molar-refractivity contribution is -0.160. The third-order valence-electron chi connectivity index (χ3n) is 7.31. The molecule has 0 saturated heterocycles. The van der Waals surface area contributed by atoms with Crippen molar-refractivity contribution in [2.45, 2.75) is 71.1 Å². The van der Waals surface area contributed by atoms with E-state index in [9.17, 15) is 22.7 Å². The molecule has 40 heavy (non-hydrogen) atoms. The summed E-state index contributed by atoms with van der Waals surface area (Å²) in [6.07, 6.45) is -0.861. The Balaban J connectivity index is 1.93. The molecule has 3 aromatic carbocycles. The van der Waals surface area contributed by atoms with E-state index in [4.69, 9.17) is 9.47 Å².